The van der Waals surface area contributed by atoms with Gasteiger partial charge in [0.05, 0.1) is 0 Å². The van der Waals surface area contributed by atoms with Gasteiger partial charge < -0.3 is 27.9 Å². The Morgan fingerprint density at radius 2 is 0.810 bits per heavy atom. The van der Waals surface area contributed by atoms with Gasteiger partial charge in [-0.25, -0.2) is 0 Å². The molecule has 0 aromatic heterocycles. The topological polar surface area (TPSA) is 191 Å². The average molecular weight is 690 g/mol. The molecule has 0 heterocycles. The summed E-state index contributed by atoms with van der Waals surface area (Å²) < 4.78 is 192. The number of halogens is 9. The Morgan fingerprint density at radius 3 is 1.10 bits per heavy atom. The lowest BCUT2D eigenvalue weighted by atomic mass is 10.3. The molecule has 0 saturated heterocycles. The molecular weight excluding hydrogens is 675 g/mol. The summed E-state index contributed by atoms with van der Waals surface area (Å²) in [6.07, 6.45) is -16.3. The Morgan fingerprint density at radius 1 is 0.524 bits per heavy atom. The van der Waals surface area contributed by atoms with E-state index < -0.39 is 89.1 Å². The van der Waals surface area contributed by atoms with E-state index in [0.29, 0.717) is 18.2 Å². The summed E-state index contributed by atoms with van der Waals surface area (Å²) in [5.41, 5.74) is 0. The largest absolute Gasteiger partial charge is 0.504 e. The maximum Gasteiger partial charge on any atom is 0.406 e. The molecule has 2 aromatic rings. The highest BCUT2D eigenvalue weighted by Gasteiger charge is 2.41. The molecule has 240 valence electrons. The number of phenols is 3. The van der Waals surface area contributed by atoms with Gasteiger partial charge in [0.25, 0.3) is 0 Å². The van der Waals surface area contributed by atoms with Crippen LogP contribution >= 0.6 is 0 Å². The monoisotopic (exact) mass is 690 g/mol. The minimum absolute atomic E-state index is 0.301. The second kappa shape index (κ2) is 12.8. The number of aromatic hydroxyl groups is 3. The first-order valence-electron chi connectivity index (χ1n) is 9.90. The number of rotatable bonds is 9. The summed E-state index contributed by atoms with van der Waals surface area (Å²) >= 11 is 0. The van der Waals surface area contributed by atoms with Crippen molar-refractivity contribution >= 4 is 30.4 Å². The molecule has 0 spiro atoms. The fraction of sp³-hybridized carbons (Fsp3) is 0.333. The number of hydrogen-bond donors (Lipinski definition) is 3. The third-order valence-electron chi connectivity index (χ3n) is 3.60. The van der Waals surface area contributed by atoms with Crippen LogP contribution in [0.3, 0.4) is 0 Å². The summed E-state index contributed by atoms with van der Waals surface area (Å²) in [5.74, 6) is -14.4. The predicted octanol–water partition coefficient (Wildman–Crippen LogP) is 3.30. The minimum Gasteiger partial charge on any atom is -0.504 e. The first-order valence-corrected chi connectivity index (χ1v) is 14.6. The van der Waals surface area contributed by atoms with Crippen LogP contribution in [0.5, 0.6) is 34.5 Å². The lowest BCUT2D eigenvalue weighted by molar-refractivity contribution is -0.108. The summed E-state index contributed by atoms with van der Waals surface area (Å²) in [7, 11) is -17.2. The van der Waals surface area contributed by atoms with Crippen LogP contribution in [0.25, 0.3) is 0 Å². The van der Waals surface area contributed by atoms with Crippen molar-refractivity contribution < 1.29 is 92.6 Å². The highest BCUT2D eigenvalue weighted by atomic mass is 32.2. The van der Waals surface area contributed by atoms with E-state index in [-0.39, 0.29) is 11.5 Å². The first kappa shape index (κ1) is 36.5. The summed E-state index contributed by atoms with van der Waals surface area (Å²) in [6.45, 7) is 0. The van der Waals surface area contributed by atoms with Crippen molar-refractivity contribution in [1.29, 1.82) is 0 Å². The Balaban J connectivity index is 0.000000827. The van der Waals surface area contributed by atoms with Gasteiger partial charge in [0.15, 0.2) is 46.0 Å². The van der Waals surface area contributed by atoms with E-state index in [9.17, 15) is 64.8 Å². The maximum atomic E-state index is 12.4. The van der Waals surface area contributed by atoms with E-state index in [4.69, 9.17) is 15.3 Å². The quantitative estimate of drug-likeness (QED) is 0.198. The summed E-state index contributed by atoms with van der Waals surface area (Å²) in [5, 5.41) is 26.1. The molecule has 0 unspecified atom stereocenters. The molecule has 0 aliphatic heterocycles. The van der Waals surface area contributed by atoms with Crippen molar-refractivity contribution in [2.75, 3.05) is 17.3 Å². The molecule has 24 heteroatoms. The van der Waals surface area contributed by atoms with Gasteiger partial charge in [-0.15, -0.1) is 0 Å². The maximum absolute atomic E-state index is 12.4. The van der Waals surface area contributed by atoms with Gasteiger partial charge in [-0.1, -0.05) is 12.1 Å². The molecule has 0 amide bonds. The van der Waals surface area contributed by atoms with Crippen LogP contribution in [0.4, 0.5) is 39.5 Å². The van der Waals surface area contributed by atoms with E-state index in [0.717, 1.165) is 0 Å². The van der Waals surface area contributed by atoms with Gasteiger partial charge in [0, 0.05) is 0 Å². The molecular formula is C18H15F9O12S3. The third kappa shape index (κ3) is 13.9. The average Bonchev–Trinajstić information content (AvgIpc) is 2.69. The lowest BCUT2D eigenvalue weighted by Gasteiger charge is -2.17. The van der Waals surface area contributed by atoms with Gasteiger partial charge in [0.1, 0.15) is 0 Å². The van der Waals surface area contributed by atoms with E-state index in [1.807, 2.05) is 0 Å². The minimum atomic E-state index is -5.84. The smallest absolute Gasteiger partial charge is 0.406 e. The van der Waals surface area contributed by atoms with E-state index in [2.05, 4.69) is 12.5 Å². The number of phenolic OH excluding ortho intramolecular Hbond substituents is 3. The SMILES string of the molecule is O=S(=O)(CC(F)(F)F)Oc1cccc(OS(=O)(=O)CC(F)(F)F)c1OS(=O)(=O)CC(F)(F)F.Oc1cccc(O)c1O. The highest BCUT2D eigenvalue weighted by molar-refractivity contribution is 7.87. The van der Waals surface area contributed by atoms with Crippen LogP contribution in [0.1, 0.15) is 0 Å². The van der Waals surface area contributed by atoms with Crippen LogP contribution in [0, 0.1) is 0 Å². The molecule has 0 aliphatic rings. The standard InChI is InChI=1S/C12H9F9O9S3.C6H6O3/c13-10(14,15)4-31(22,23)28-7-2-1-3-8(29-32(24,25)5-11(16,17)18)9(7)30-33(26,27)6-12(19,20)21;7-4-2-1-3-5(8)6(4)9/h1-3H,4-6H2;1-3,7-9H. The Hall–Kier alpha value is -3.54. The molecule has 2 rings (SSSR count). The Kier molecular flexibility index (Phi) is 11.1. The predicted molar refractivity (Wildman–Crippen MR) is 119 cm³/mol. The molecule has 42 heavy (non-hydrogen) atoms. The van der Waals surface area contributed by atoms with Crippen LogP contribution in [0.15, 0.2) is 36.4 Å². The fourth-order valence-electron chi connectivity index (χ4n) is 2.32. The first-order chi connectivity index (χ1) is 18.6. The van der Waals surface area contributed by atoms with E-state index in [1.54, 1.807) is 0 Å². The van der Waals surface area contributed by atoms with Crippen molar-refractivity contribution in [1.82, 2.24) is 0 Å². The van der Waals surface area contributed by atoms with Crippen molar-refractivity contribution in [3.8, 4) is 34.5 Å². The molecule has 0 saturated carbocycles. The molecule has 0 atom stereocenters. The van der Waals surface area contributed by atoms with Crippen molar-refractivity contribution in [3.05, 3.63) is 36.4 Å². The van der Waals surface area contributed by atoms with Crippen LogP contribution in [0.2, 0.25) is 0 Å². The highest BCUT2D eigenvalue weighted by Crippen LogP contribution is 2.41. The summed E-state index contributed by atoms with van der Waals surface area (Å²) in [4.78, 5) is 0. The molecule has 3 N–H and O–H groups in total. The number of benzene rings is 2. The molecule has 2 aromatic carbocycles. The van der Waals surface area contributed by atoms with Crippen LogP contribution in [-0.4, -0.2) is 76.4 Å². The van der Waals surface area contributed by atoms with E-state index >= 15 is 0 Å². The van der Waals surface area contributed by atoms with Crippen LogP contribution in [-0.2, 0) is 30.4 Å². The zero-order valence-electron chi connectivity index (χ0n) is 19.7. The zero-order valence-corrected chi connectivity index (χ0v) is 22.2. The van der Waals surface area contributed by atoms with Crippen molar-refractivity contribution in [2.24, 2.45) is 0 Å². The second-order valence-corrected chi connectivity index (χ2v) is 12.1. The molecule has 0 aliphatic carbocycles. The van der Waals surface area contributed by atoms with Crippen molar-refractivity contribution in [2.45, 2.75) is 18.5 Å². The molecule has 0 fully saturated rings. The lowest BCUT2D eigenvalue weighted by Crippen LogP contribution is -2.29. The number of alkyl halides is 9. The molecule has 0 radical (unpaired) electrons. The van der Waals surface area contributed by atoms with Gasteiger partial charge >= 0.3 is 48.9 Å². The van der Waals surface area contributed by atoms with Crippen molar-refractivity contribution in [3.63, 3.8) is 0 Å². The van der Waals surface area contributed by atoms with Gasteiger partial charge in [0.2, 0.25) is 5.75 Å². The van der Waals surface area contributed by atoms with Gasteiger partial charge in [-0.2, -0.15) is 64.8 Å². The van der Waals surface area contributed by atoms with Gasteiger partial charge in [-0.05, 0) is 24.3 Å². The number of para-hydroxylation sites is 2. The normalized spacial score (nSPS) is 13.1. The molecule has 0 bridgehead atoms. The van der Waals surface area contributed by atoms with Crippen LogP contribution < -0.4 is 12.5 Å². The zero-order chi connectivity index (χ0) is 32.9. The fourth-order valence-corrected chi connectivity index (χ4v) is 4.93. The molecule has 12 nitrogen and oxygen atoms in total. The Labute approximate surface area is 229 Å². The second-order valence-electron chi connectivity index (χ2n) is 7.43. The van der Waals surface area contributed by atoms with E-state index in [1.165, 1.54) is 18.2 Å². The Bertz CT molecular complexity index is 1480. The summed E-state index contributed by atoms with van der Waals surface area (Å²) in [6, 6.07) is 5.11. The number of hydrogen-bond acceptors (Lipinski definition) is 12. The third-order valence-corrected chi connectivity index (χ3v) is 6.93. The van der Waals surface area contributed by atoms with Gasteiger partial charge in [-0.3, -0.25) is 0 Å².